The molecule has 4 nitrogen and oxygen atoms in total. The maximum atomic E-state index is 11.7. The fourth-order valence-corrected chi connectivity index (χ4v) is 3.32. The van der Waals surface area contributed by atoms with Gasteiger partial charge in [0.05, 0.1) is 12.6 Å². The standard InChI is InChI=1S/C18H24N2O2/c1-13(2)22-18(21)12-20-9-7-14(8-10-20)16-11-19-17-6-4-3-5-15(16)17/h3-6,11,13-14,19H,7-10,12H2,1-2H3. The summed E-state index contributed by atoms with van der Waals surface area (Å²) < 4.78 is 5.22. The van der Waals surface area contributed by atoms with Crippen LogP contribution in [0.4, 0.5) is 0 Å². The molecule has 0 spiro atoms. The van der Waals surface area contributed by atoms with E-state index >= 15 is 0 Å². The fraction of sp³-hybridized carbons (Fsp3) is 0.500. The van der Waals surface area contributed by atoms with Crippen molar-refractivity contribution in [1.29, 1.82) is 0 Å². The van der Waals surface area contributed by atoms with Crippen LogP contribution in [0, 0.1) is 0 Å². The lowest BCUT2D eigenvalue weighted by Gasteiger charge is -2.31. The number of benzene rings is 1. The van der Waals surface area contributed by atoms with Crippen LogP contribution in [-0.2, 0) is 9.53 Å². The molecule has 1 aliphatic heterocycles. The number of rotatable bonds is 4. The van der Waals surface area contributed by atoms with Crippen molar-refractivity contribution in [2.24, 2.45) is 0 Å². The minimum Gasteiger partial charge on any atom is -0.462 e. The highest BCUT2D eigenvalue weighted by atomic mass is 16.5. The minimum atomic E-state index is -0.111. The summed E-state index contributed by atoms with van der Waals surface area (Å²) in [5.74, 6) is 0.467. The Morgan fingerprint density at radius 2 is 2.05 bits per heavy atom. The Kier molecular flexibility index (Phi) is 4.48. The van der Waals surface area contributed by atoms with Crippen LogP contribution in [0.1, 0.15) is 38.2 Å². The number of piperidine rings is 1. The number of nitrogens with one attached hydrogen (secondary N) is 1. The number of para-hydroxylation sites is 1. The molecule has 2 heterocycles. The van der Waals surface area contributed by atoms with Gasteiger partial charge in [-0.25, -0.2) is 0 Å². The first-order valence-electron chi connectivity index (χ1n) is 8.11. The summed E-state index contributed by atoms with van der Waals surface area (Å²) in [6, 6.07) is 8.46. The average molecular weight is 300 g/mol. The molecule has 1 fully saturated rings. The molecule has 1 aliphatic rings. The third kappa shape index (κ3) is 3.33. The van der Waals surface area contributed by atoms with Gasteiger partial charge in [0.1, 0.15) is 0 Å². The lowest BCUT2D eigenvalue weighted by atomic mass is 9.89. The molecule has 0 atom stereocenters. The van der Waals surface area contributed by atoms with Crippen LogP contribution in [-0.4, -0.2) is 41.6 Å². The van der Waals surface area contributed by atoms with Crippen molar-refractivity contribution in [3.8, 4) is 0 Å². The number of carbonyl (C=O) groups excluding carboxylic acids is 1. The molecule has 118 valence electrons. The van der Waals surface area contributed by atoms with Crippen molar-refractivity contribution in [3.05, 3.63) is 36.0 Å². The Bertz CT molecular complexity index is 639. The molecule has 3 rings (SSSR count). The molecule has 1 saturated heterocycles. The lowest BCUT2D eigenvalue weighted by molar-refractivity contribution is -0.148. The van der Waals surface area contributed by atoms with Gasteiger partial charge in [-0.05, 0) is 57.3 Å². The first-order chi connectivity index (χ1) is 10.6. The van der Waals surface area contributed by atoms with E-state index in [0.717, 1.165) is 25.9 Å². The number of esters is 1. The van der Waals surface area contributed by atoms with Gasteiger partial charge in [0.15, 0.2) is 0 Å². The summed E-state index contributed by atoms with van der Waals surface area (Å²) in [5, 5.41) is 1.33. The molecule has 0 amide bonds. The van der Waals surface area contributed by atoms with Crippen LogP contribution in [0.3, 0.4) is 0 Å². The smallest absolute Gasteiger partial charge is 0.320 e. The van der Waals surface area contributed by atoms with Gasteiger partial charge in [-0.2, -0.15) is 0 Å². The molecule has 4 heteroatoms. The van der Waals surface area contributed by atoms with Gasteiger partial charge in [0, 0.05) is 17.1 Å². The number of fused-ring (bicyclic) bond motifs is 1. The van der Waals surface area contributed by atoms with Gasteiger partial charge in [-0.15, -0.1) is 0 Å². The molecule has 1 N–H and O–H groups in total. The molecule has 0 radical (unpaired) electrons. The van der Waals surface area contributed by atoms with Crippen LogP contribution in [0.2, 0.25) is 0 Å². The zero-order valence-corrected chi connectivity index (χ0v) is 13.3. The van der Waals surface area contributed by atoms with E-state index in [1.165, 1.54) is 16.5 Å². The van der Waals surface area contributed by atoms with E-state index in [-0.39, 0.29) is 12.1 Å². The molecule has 0 unspecified atom stereocenters. The van der Waals surface area contributed by atoms with E-state index in [0.29, 0.717) is 12.5 Å². The average Bonchev–Trinajstić information content (AvgIpc) is 2.91. The maximum absolute atomic E-state index is 11.7. The predicted molar refractivity (Wildman–Crippen MR) is 87.9 cm³/mol. The number of ether oxygens (including phenoxy) is 1. The number of aromatic nitrogens is 1. The third-order valence-electron chi connectivity index (χ3n) is 4.37. The SMILES string of the molecule is CC(C)OC(=O)CN1CCC(c2c[nH]c3ccccc23)CC1. The van der Waals surface area contributed by atoms with Crippen LogP contribution in [0.25, 0.3) is 10.9 Å². The summed E-state index contributed by atoms with van der Waals surface area (Å²) in [7, 11) is 0. The molecule has 0 aliphatic carbocycles. The summed E-state index contributed by atoms with van der Waals surface area (Å²) in [4.78, 5) is 17.3. The number of nitrogens with zero attached hydrogens (tertiary/aromatic N) is 1. The second kappa shape index (κ2) is 6.53. The molecule has 0 saturated carbocycles. The topological polar surface area (TPSA) is 45.3 Å². The van der Waals surface area contributed by atoms with E-state index in [9.17, 15) is 4.79 Å². The third-order valence-corrected chi connectivity index (χ3v) is 4.37. The van der Waals surface area contributed by atoms with E-state index in [1.807, 2.05) is 13.8 Å². The van der Waals surface area contributed by atoms with Crippen LogP contribution >= 0.6 is 0 Å². The van der Waals surface area contributed by atoms with Gasteiger partial charge < -0.3 is 9.72 Å². The van der Waals surface area contributed by atoms with E-state index in [1.54, 1.807) is 0 Å². The van der Waals surface area contributed by atoms with Crippen LogP contribution in [0.5, 0.6) is 0 Å². The van der Waals surface area contributed by atoms with Crippen molar-refractivity contribution in [2.45, 2.75) is 38.7 Å². The Labute approximate surface area is 131 Å². The molecule has 1 aromatic heterocycles. The van der Waals surface area contributed by atoms with Gasteiger partial charge in [0.25, 0.3) is 0 Å². The first-order valence-corrected chi connectivity index (χ1v) is 8.11. The second-order valence-electron chi connectivity index (χ2n) is 6.38. The second-order valence-corrected chi connectivity index (χ2v) is 6.38. The molecular weight excluding hydrogens is 276 g/mol. The number of H-pyrrole nitrogens is 1. The largest absolute Gasteiger partial charge is 0.462 e. The normalized spacial score (nSPS) is 17.2. The Hall–Kier alpha value is -1.81. The van der Waals surface area contributed by atoms with Crippen molar-refractivity contribution < 1.29 is 9.53 Å². The quantitative estimate of drug-likeness (QED) is 0.881. The van der Waals surface area contributed by atoms with Crippen molar-refractivity contribution >= 4 is 16.9 Å². The van der Waals surface area contributed by atoms with Crippen molar-refractivity contribution in [3.63, 3.8) is 0 Å². The summed E-state index contributed by atoms with van der Waals surface area (Å²) in [6.45, 7) is 6.11. The summed E-state index contributed by atoms with van der Waals surface area (Å²) in [5.41, 5.74) is 2.63. The van der Waals surface area contributed by atoms with E-state index in [4.69, 9.17) is 4.74 Å². The van der Waals surface area contributed by atoms with Crippen molar-refractivity contribution in [1.82, 2.24) is 9.88 Å². The van der Waals surface area contributed by atoms with E-state index < -0.39 is 0 Å². The van der Waals surface area contributed by atoms with Crippen molar-refractivity contribution in [2.75, 3.05) is 19.6 Å². The number of aromatic amines is 1. The highest BCUT2D eigenvalue weighted by molar-refractivity contribution is 5.83. The van der Waals surface area contributed by atoms with Gasteiger partial charge in [0.2, 0.25) is 0 Å². The Balaban J connectivity index is 1.59. The van der Waals surface area contributed by atoms with Gasteiger partial charge >= 0.3 is 5.97 Å². The number of likely N-dealkylation sites (tertiary alicyclic amines) is 1. The maximum Gasteiger partial charge on any atom is 0.320 e. The fourth-order valence-electron chi connectivity index (χ4n) is 3.32. The lowest BCUT2D eigenvalue weighted by Crippen LogP contribution is -2.37. The Morgan fingerprint density at radius 1 is 1.32 bits per heavy atom. The first kappa shape index (κ1) is 15.1. The Morgan fingerprint density at radius 3 is 2.77 bits per heavy atom. The van der Waals surface area contributed by atoms with E-state index in [2.05, 4.69) is 40.3 Å². The highest BCUT2D eigenvalue weighted by Gasteiger charge is 2.24. The number of hydrogen-bond donors (Lipinski definition) is 1. The summed E-state index contributed by atoms with van der Waals surface area (Å²) >= 11 is 0. The molecule has 1 aromatic carbocycles. The zero-order chi connectivity index (χ0) is 15.5. The van der Waals surface area contributed by atoms with Gasteiger partial charge in [-0.3, -0.25) is 9.69 Å². The minimum absolute atomic E-state index is 0.0312. The highest BCUT2D eigenvalue weighted by Crippen LogP contribution is 2.32. The monoisotopic (exact) mass is 300 g/mol. The number of carbonyl (C=O) groups is 1. The van der Waals surface area contributed by atoms with Gasteiger partial charge in [-0.1, -0.05) is 18.2 Å². The molecule has 0 bridgehead atoms. The molecule has 2 aromatic rings. The summed E-state index contributed by atoms with van der Waals surface area (Å²) in [6.07, 6.45) is 4.31. The molecule has 22 heavy (non-hydrogen) atoms. The number of hydrogen-bond acceptors (Lipinski definition) is 3. The van der Waals surface area contributed by atoms with Crippen LogP contribution in [0.15, 0.2) is 30.5 Å². The predicted octanol–water partition coefficient (Wildman–Crippen LogP) is 3.30. The molecular formula is C18H24N2O2. The van der Waals surface area contributed by atoms with Crippen LogP contribution < -0.4 is 0 Å². The zero-order valence-electron chi connectivity index (χ0n) is 13.3.